The SMILES string of the molecule is CC/C=C\C/C=C\C/C=C\C/C=C\C/C=C\C/C=C\CCCCCCCCCCCCCCC(=O)OCC(O)COP(=O)(O)OCC(O)COP(=O)(O)OCC(COC(=O)CCCC/C=C\C/C=C\C/C=C\C/C=C\C/C=C\C/C=C\CC)OC(=O)CCCC/C=C\C/C=C\C/C=C\C/C=C\C/C=C\C/C=C\CC. The molecule has 0 spiro atoms. The molecular formula is C91H144O16P2. The van der Waals surface area contributed by atoms with E-state index in [0.717, 1.165) is 167 Å². The molecule has 0 fully saturated rings. The lowest BCUT2D eigenvalue weighted by Gasteiger charge is -2.21. The Balaban J connectivity index is 4.69. The zero-order valence-corrected chi connectivity index (χ0v) is 68.9. The summed E-state index contributed by atoms with van der Waals surface area (Å²) in [5.74, 6) is -1.70. The second-order valence-electron chi connectivity index (χ2n) is 26.4. The van der Waals surface area contributed by atoms with E-state index in [1.165, 1.54) is 44.9 Å². The van der Waals surface area contributed by atoms with Gasteiger partial charge in [0, 0.05) is 19.3 Å². The van der Waals surface area contributed by atoms with Gasteiger partial charge < -0.3 is 34.2 Å². The molecule has 0 aliphatic heterocycles. The van der Waals surface area contributed by atoms with E-state index < -0.39 is 91.5 Å². The van der Waals surface area contributed by atoms with Crippen LogP contribution < -0.4 is 0 Å². The quantitative estimate of drug-likeness (QED) is 0.0146. The van der Waals surface area contributed by atoms with Crippen molar-refractivity contribution in [3.63, 3.8) is 0 Å². The molecule has 0 radical (unpaired) electrons. The number of esters is 3. The Morgan fingerprint density at radius 3 is 0.743 bits per heavy atom. The lowest BCUT2D eigenvalue weighted by Crippen LogP contribution is -2.30. The first-order valence-electron chi connectivity index (χ1n) is 41.0. The molecular weight excluding hydrogens is 1410 g/mol. The zero-order valence-electron chi connectivity index (χ0n) is 67.1. The van der Waals surface area contributed by atoms with Crippen LogP contribution >= 0.6 is 15.6 Å². The first kappa shape index (κ1) is 103. The van der Waals surface area contributed by atoms with Crippen LogP contribution in [0.2, 0.25) is 0 Å². The van der Waals surface area contributed by atoms with Crippen LogP contribution in [-0.4, -0.2) is 95.9 Å². The molecule has 5 atom stereocenters. The molecule has 0 aromatic heterocycles. The number of ether oxygens (including phenoxy) is 3. The molecule has 4 N–H and O–H groups in total. The number of hydrogen-bond acceptors (Lipinski definition) is 14. The van der Waals surface area contributed by atoms with Crippen molar-refractivity contribution in [3.05, 3.63) is 219 Å². The lowest BCUT2D eigenvalue weighted by molar-refractivity contribution is -0.161. The van der Waals surface area contributed by atoms with Gasteiger partial charge in [-0.05, 0) is 173 Å². The summed E-state index contributed by atoms with van der Waals surface area (Å²) >= 11 is 0. The van der Waals surface area contributed by atoms with Crippen molar-refractivity contribution in [1.82, 2.24) is 0 Å². The minimum atomic E-state index is -4.97. The van der Waals surface area contributed by atoms with E-state index in [9.17, 15) is 43.5 Å². The number of unbranched alkanes of at least 4 members (excludes halogenated alkanes) is 16. The van der Waals surface area contributed by atoms with Gasteiger partial charge in [-0.3, -0.25) is 32.5 Å². The first-order chi connectivity index (χ1) is 53.2. The topological polar surface area (TPSA) is 231 Å². The molecule has 614 valence electrons. The summed E-state index contributed by atoms with van der Waals surface area (Å²) in [4.78, 5) is 58.7. The minimum Gasteiger partial charge on any atom is -0.463 e. The first-order valence-corrected chi connectivity index (χ1v) is 44.0. The van der Waals surface area contributed by atoms with Gasteiger partial charge in [-0.1, -0.05) is 304 Å². The largest absolute Gasteiger partial charge is 0.472 e. The van der Waals surface area contributed by atoms with Crippen molar-refractivity contribution < 1.29 is 75.8 Å². The molecule has 0 amide bonds. The third-order valence-corrected chi connectivity index (χ3v) is 18.1. The molecule has 0 aromatic rings. The van der Waals surface area contributed by atoms with Crippen molar-refractivity contribution in [1.29, 1.82) is 0 Å². The standard InChI is InChI=1S/C91H144O16P2/c1-4-7-10-13-16-19-22-25-28-31-34-37-38-39-40-41-42-43-44-45-46-49-51-53-56-59-62-65-68-71-74-77-89(94)101-80-86(92)81-103-108(97,98)104-82-87(93)83-105-109(99,100)106-85-88(107-91(96)79-76-73-70-67-64-61-58-55-52-48-36-33-30-27-24-21-18-15-12-9-6-3)84-102-90(95)78-75-72-69-66-63-60-57-54-50-47-35-32-29-26-23-20-17-14-11-8-5-2/h7-12,16-21,25-30,34-37,39-40,42-43,47-48,54-55,57-58,63-64,66-67,86-88,92-93H,4-6,13-15,22-24,31-33,38,41,44-46,49-53,56,59-62,65,68-85H2,1-3H3,(H,97,98)(H,99,100)/b10-7-,11-8-,12-9-,19-16-,20-17-,21-18-,28-25-,29-26-,30-27-,37-34-,40-39-,43-42-,47-35-,48-36-,57-54-,58-55-,66-63-,67-64-. The number of phosphoric acid groups is 2. The van der Waals surface area contributed by atoms with Crippen molar-refractivity contribution in [2.24, 2.45) is 0 Å². The van der Waals surface area contributed by atoms with E-state index in [0.29, 0.717) is 25.7 Å². The third kappa shape index (κ3) is 82.7. The number of hydrogen-bond donors (Lipinski definition) is 4. The van der Waals surface area contributed by atoms with Gasteiger partial charge in [-0.2, -0.15) is 0 Å². The Kier molecular flexibility index (Phi) is 76.8. The highest BCUT2D eigenvalue weighted by molar-refractivity contribution is 7.47. The number of carbonyl (C=O) groups is 3. The maximum Gasteiger partial charge on any atom is 0.472 e. The monoisotopic (exact) mass is 1550 g/mol. The maximum absolute atomic E-state index is 13.0. The van der Waals surface area contributed by atoms with E-state index >= 15 is 0 Å². The van der Waals surface area contributed by atoms with Crippen LogP contribution in [0.1, 0.15) is 278 Å². The van der Waals surface area contributed by atoms with Gasteiger partial charge in [0.05, 0.1) is 26.4 Å². The van der Waals surface area contributed by atoms with Gasteiger partial charge in [0.15, 0.2) is 6.10 Å². The van der Waals surface area contributed by atoms with E-state index in [1.54, 1.807) is 0 Å². The molecule has 18 heteroatoms. The molecule has 0 rings (SSSR count). The fourth-order valence-corrected chi connectivity index (χ4v) is 11.6. The van der Waals surface area contributed by atoms with Gasteiger partial charge in [0.1, 0.15) is 25.4 Å². The Morgan fingerprint density at radius 1 is 0.257 bits per heavy atom. The number of carbonyl (C=O) groups excluding carboxylic acids is 3. The average molecular weight is 1560 g/mol. The van der Waals surface area contributed by atoms with Crippen molar-refractivity contribution >= 4 is 33.6 Å². The van der Waals surface area contributed by atoms with Crippen LogP contribution in [-0.2, 0) is 55.8 Å². The second-order valence-corrected chi connectivity index (χ2v) is 29.3. The zero-order chi connectivity index (χ0) is 79.4. The summed E-state index contributed by atoms with van der Waals surface area (Å²) < 4.78 is 61.1. The maximum atomic E-state index is 13.0. The van der Waals surface area contributed by atoms with E-state index in [4.69, 9.17) is 32.3 Å². The highest BCUT2D eigenvalue weighted by atomic mass is 31.2. The van der Waals surface area contributed by atoms with Crippen molar-refractivity contribution in [2.75, 3.05) is 39.6 Å². The normalized spacial score (nSPS) is 15.0. The summed E-state index contributed by atoms with van der Waals surface area (Å²) in [5, 5.41) is 20.7. The molecule has 0 aliphatic rings. The Hall–Kier alpha value is -6.13. The smallest absolute Gasteiger partial charge is 0.463 e. The number of rotatable bonds is 75. The number of allylic oxidation sites excluding steroid dienone is 36. The Morgan fingerprint density at radius 2 is 0.459 bits per heavy atom. The highest BCUT2D eigenvalue weighted by Gasteiger charge is 2.29. The highest BCUT2D eigenvalue weighted by Crippen LogP contribution is 2.45. The van der Waals surface area contributed by atoms with Crippen molar-refractivity contribution in [2.45, 2.75) is 296 Å². The molecule has 16 nitrogen and oxygen atoms in total. The van der Waals surface area contributed by atoms with Gasteiger partial charge in [-0.25, -0.2) is 9.13 Å². The molecule has 0 aliphatic carbocycles. The Labute approximate surface area is 660 Å². The predicted octanol–water partition coefficient (Wildman–Crippen LogP) is 24.6. The molecule has 0 saturated carbocycles. The summed E-state index contributed by atoms with van der Waals surface area (Å²) in [6.07, 6.45) is 110. The third-order valence-electron chi connectivity index (χ3n) is 16.2. The average Bonchev–Trinajstić information content (AvgIpc) is 0.903. The number of aliphatic hydroxyl groups is 2. The summed E-state index contributed by atoms with van der Waals surface area (Å²) in [7, 11) is -9.85. The summed E-state index contributed by atoms with van der Waals surface area (Å²) in [6.45, 7) is 2.20. The van der Waals surface area contributed by atoms with Crippen LogP contribution in [0, 0.1) is 0 Å². The fourth-order valence-electron chi connectivity index (χ4n) is 10.1. The van der Waals surface area contributed by atoms with E-state index in [1.807, 2.05) is 0 Å². The van der Waals surface area contributed by atoms with Crippen LogP contribution in [0.25, 0.3) is 0 Å². The minimum absolute atomic E-state index is 0.0300. The van der Waals surface area contributed by atoms with Crippen molar-refractivity contribution in [3.8, 4) is 0 Å². The molecule has 0 heterocycles. The molecule has 0 saturated heterocycles. The summed E-state index contributed by atoms with van der Waals surface area (Å²) in [5.41, 5.74) is 0. The lowest BCUT2D eigenvalue weighted by atomic mass is 10.0. The van der Waals surface area contributed by atoms with Crippen LogP contribution in [0.4, 0.5) is 0 Å². The molecule has 5 unspecified atom stereocenters. The number of aliphatic hydroxyl groups excluding tert-OH is 2. The van der Waals surface area contributed by atoms with Gasteiger partial charge in [0.25, 0.3) is 0 Å². The van der Waals surface area contributed by atoms with Crippen LogP contribution in [0.5, 0.6) is 0 Å². The van der Waals surface area contributed by atoms with Crippen LogP contribution in [0.15, 0.2) is 219 Å². The van der Waals surface area contributed by atoms with Gasteiger partial charge >= 0.3 is 33.6 Å². The second kappa shape index (κ2) is 81.4. The Bertz CT molecular complexity index is 2860. The van der Waals surface area contributed by atoms with E-state index in [-0.39, 0.29) is 19.3 Å². The predicted molar refractivity (Wildman–Crippen MR) is 453 cm³/mol. The molecule has 109 heavy (non-hydrogen) atoms. The number of phosphoric ester groups is 2. The van der Waals surface area contributed by atoms with Gasteiger partial charge in [-0.15, -0.1) is 0 Å². The van der Waals surface area contributed by atoms with Gasteiger partial charge in [0.2, 0.25) is 0 Å². The fraction of sp³-hybridized carbons (Fsp3) is 0.571. The summed E-state index contributed by atoms with van der Waals surface area (Å²) in [6, 6.07) is 0. The molecule has 0 bridgehead atoms. The van der Waals surface area contributed by atoms with Crippen LogP contribution in [0.3, 0.4) is 0 Å². The van der Waals surface area contributed by atoms with E-state index in [2.05, 4.69) is 240 Å². The molecule has 0 aromatic carbocycles.